The zero-order valence-corrected chi connectivity index (χ0v) is 33.1. The molecule has 2 amide bonds. The molecule has 0 saturated heterocycles. The molecule has 11 nitrogen and oxygen atoms in total. The van der Waals surface area contributed by atoms with Gasteiger partial charge in [-0.1, -0.05) is 30.3 Å². The van der Waals surface area contributed by atoms with Gasteiger partial charge in [0.05, 0.1) is 6.10 Å². The summed E-state index contributed by atoms with van der Waals surface area (Å²) in [6.45, 7) is 2.88. The van der Waals surface area contributed by atoms with Crippen molar-refractivity contribution in [1.82, 2.24) is 20.5 Å². The molecular weight excluding hydrogens is 769 g/mol. The third-order valence-electron chi connectivity index (χ3n) is 11.8. The van der Waals surface area contributed by atoms with E-state index in [0.29, 0.717) is 43.5 Å². The highest BCUT2D eigenvalue weighted by molar-refractivity contribution is 5.97. The predicted molar refractivity (Wildman–Crippen MR) is 214 cm³/mol. The smallest absolute Gasteiger partial charge is 0.375 e. The summed E-state index contributed by atoms with van der Waals surface area (Å²) in [5, 5.41) is 21.2. The van der Waals surface area contributed by atoms with Crippen LogP contribution in [0.5, 0.6) is 0 Å². The Bertz CT molecular complexity index is 2130. The minimum absolute atomic E-state index is 0.0148. The Morgan fingerprint density at radius 3 is 2.14 bits per heavy atom. The number of halogens is 4. The number of benzene rings is 3. The van der Waals surface area contributed by atoms with Gasteiger partial charge < -0.3 is 21.5 Å². The Labute approximate surface area is 340 Å². The number of carbonyl (C=O) groups excluding carboxylic acids is 4. The minimum Gasteiger partial charge on any atom is -0.393 e. The van der Waals surface area contributed by atoms with Gasteiger partial charge in [0.2, 0.25) is 17.5 Å². The second-order valence-corrected chi connectivity index (χ2v) is 16.0. The van der Waals surface area contributed by atoms with Gasteiger partial charge in [-0.15, -0.1) is 0 Å². The highest BCUT2D eigenvalue weighted by Crippen LogP contribution is 2.42. The number of aromatic amines is 1. The Morgan fingerprint density at radius 2 is 1.53 bits per heavy atom. The summed E-state index contributed by atoms with van der Waals surface area (Å²) in [4.78, 5) is 55.2. The molecule has 6 rings (SSSR count). The Morgan fingerprint density at radius 1 is 0.881 bits per heavy atom. The van der Waals surface area contributed by atoms with Crippen LogP contribution in [-0.4, -0.2) is 68.3 Å². The highest BCUT2D eigenvalue weighted by Gasteiger charge is 2.63. The quantitative estimate of drug-likeness (QED) is 0.0775. The number of hydrogen-bond donors (Lipinski definition) is 5. The molecule has 1 atom stereocenters. The number of ketones is 2. The van der Waals surface area contributed by atoms with Crippen LogP contribution in [0, 0.1) is 24.7 Å². The Kier molecular flexibility index (Phi) is 13.5. The average molecular weight is 819 g/mol. The molecule has 1 aromatic heterocycles. The van der Waals surface area contributed by atoms with E-state index in [2.05, 4.69) is 20.7 Å². The SMILES string of the molecule is CC(=O)C(F)(F)C(F)(F)c1nc(-c2ccc(NC(=O)[C@@H](CC(=O)C3CCC(CN)CC3)Cc3ccc(-c4ccc(C(=O)NC5CCC(O)CC5)cc4C)cc3)cc2)n[nH]1. The summed E-state index contributed by atoms with van der Waals surface area (Å²) in [7, 11) is 0. The van der Waals surface area contributed by atoms with Gasteiger partial charge >= 0.3 is 11.8 Å². The molecule has 6 N–H and O–H groups in total. The van der Waals surface area contributed by atoms with E-state index in [1.807, 2.05) is 43.3 Å². The second-order valence-electron chi connectivity index (χ2n) is 16.0. The molecular formula is C44H50F4N6O5. The van der Waals surface area contributed by atoms with Crippen LogP contribution in [0.1, 0.15) is 92.0 Å². The summed E-state index contributed by atoms with van der Waals surface area (Å²) in [6.07, 6.45) is 5.98. The lowest BCUT2D eigenvalue weighted by Gasteiger charge is -2.27. The number of nitrogens with zero attached hydrogens (tertiary/aromatic N) is 2. The molecule has 0 unspecified atom stereocenters. The predicted octanol–water partition coefficient (Wildman–Crippen LogP) is 7.32. The van der Waals surface area contributed by atoms with E-state index in [9.17, 15) is 41.8 Å². The maximum absolute atomic E-state index is 14.4. The number of hydrogen-bond acceptors (Lipinski definition) is 8. The second kappa shape index (κ2) is 18.3. The standard InChI is InChI=1S/C44H50F4N6O5/c1-25-21-32(40(58)50-35-16-18-36(56)19-17-35)13-20-37(25)29-7-3-27(4-8-29)22-33(23-38(57)30-9-5-28(24-49)6-10-30)41(59)51-34-14-11-31(12-15-34)39-52-42(54-53-39)44(47,48)43(45,46)26(2)55/h3-4,7-8,11-15,20-21,28,30,33,35-36,56H,5-6,9-10,16-19,22-24,49H2,1-2H3,(H,50,58)(H,51,59)(H,52,53,54)/t28?,30?,33-,35?,36?/m1/s1. The molecule has 2 aliphatic carbocycles. The summed E-state index contributed by atoms with van der Waals surface area (Å²) >= 11 is 0. The third-order valence-corrected chi connectivity index (χ3v) is 11.8. The van der Waals surface area contributed by atoms with E-state index < -0.39 is 35.3 Å². The number of aryl methyl sites for hydroxylation is 1. The van der Waals surface area contributed by atoms with Crippen molar-refractivity contribution in [2.45, 2.75) is 102 Å². The van der Waals surface area contributed by atoms with Crippen LogP contribution in [0.25, 0.3) is 22.5 Å². The first-order chi connectivity index (χ1) is 28.0. The molecule has 1 heterocycles. The monoisotopic (exact) mass is 818 g/mol. The molecule has 15 heteroatoms. The number of aliphatic hydroxyl groups excluding tert-OH is 1. The van der Waals surface area contributed by atoms with Gasteiger partial charge in [-0.25, -0.2) is 4.98 Å². The van der Waals surface area contributed by atoms with Crippen molar-refractivity contribution in [3.63, 3.8) is 0 Å². The van der Waals surface area contributed by atoms with Gasteiger partial charge in [0.25, 0.3) is 5.91 Å². The van der Waals surface area contributed by atoms with Gasteiger partial charge in [0, 0.05) is 48.0 Å². The summed E-state index contributed by atoms with van der Waals surface area (Å²) in [5.74, 6) is -14.7. The Balaban J connectivity index is 1.14. The number of Topliss-reactive ketones (excluding diaryl/α,β-unsaturated/α-hetero) is 2. The zero-order chi connectivity index (χ0) is 42.5. The van der Waals surface area contributed by atoms with E-state index in [4.69, 9.17) is 5.73 Å². The lowest BCUT2D eigenvalue weighted by atomic mass is 9.77. The van der Waals surface area contributed by atoms with Crippen molar-refractivity contribution in [3.05, 3.63) is 89.2 Å². The van der Waals surface area contributed by atoms with Gasteiger partial charge in [-0.3, -0.25) is 24.3 Å². The van der Waals surface area contributed by atoms with E-state index in [-0.39, 0.29) is 54.0 Å². The van der Waals surface area contributed by atoms with Crippen LogP contribution in [0.2, 0.25) is 0 Å². The Hall–Kier alpha value is -5.28. The fraction of sp³-hybridized carbons (Fsp3) is 0.455. The first-order valence-corrected chi connectivity index (χ1v) is 20.1. The fourth-order valence-electron chi connectivity index (χ4n) is 7.96. The molecule has 0 aliphatic heterocycles. The molecule has 2 saturated carbocycles. The minimum atomic E-state index is -4.99. The van der Waals surface area contributed by atoms with Crippen molar-refractivity contribution in [2.24, 2.45) is 23.5 Å². The number of anilines is 1. The van der Waals surface area contributed by atoms with Crippen molar-refractivity contribution in [2.75, 3.05) is 11.9 Å². The summed E-state index contributed by atoms with van der Waals surface area (Å²) < 4.78 is 56.7. The van der Waals surface area contributed by atoms with E-state index in [1.54, 1.807) is 11.2 Å². The van der Waals surface area contributed by atoms with Gasteiger partial charge in [0.15, 0.2) is 5.82 Å². The maximum Gasteiger partial charge on any atom is 0.375 e. The number of alkyl halides is 4. The third kappa shape index (κ3) is 10.1. The molecule has 3 aromatic carbocycles. The van der Waals surface area contributed by atoms with Crippen LogP contribution in [0.4, 0.5) is 23.2 Å². The number of nitrogens with one attached hydrogen (secondary N) is 3. The zero-order valence-electron chi connectivity index (χ0n) is 33.1. The van der Waals surface area contributed by atoms with Crippen LogP contribution in [-0.2, 0) is 26.7 Å². The lowest BCUT2D eigenvalue weighted by Crippen LogP contribution is -2.44. The number of amides is 2. The van der Waals surface area contributed by atoms with Gasteiger partial charge in [0.1, 0.15) is 5.78 Å². The van der Waals surface area contributed by atoms with Crippen molar-refractivity contribution in [1.29, 1.82) is 0 Å². The number of carbonyl (C=O) groups is 4. The number of aliphatic hydroxyl groups is 1. The lowest BCUT2D eigenvalue weighted by molar-refractivity contribution is -0.215. The largest absolute Gasteiger partial charge is 0.393 e. The summed E-state index contributed by atoms with van der Waals surface area (Å²) in [5.41, 5.74) is 10.6. The van der Waals surface area contributed by atoms with Crippen molar-refractivity contribution < 1.29 is 41.8 Å². The van der Waals surface area contributed by atoms with Crippen molar-refractivity contribution >= 4 is 29.1 Å². The molecule has 4 aromatic rings. The molecule has 59 heavy (non-hydrogen) atoms. The molecule has 0 bridgehead atoms. The molecule has 2 fully saturated rings. The molecule has 0 radical (unpaired) electrons. The first kappa shape index (κ1) is 43.3. The topological polar surface area (TPSA) is 180 Å². The van der Waals surface area contributed by atoms with Crippen LogP contribution >= 0.6 is 0 Å². The number of aromatic nitrogens is 3. The number of H-pyrrole nitrogens is 1. The molecule has 2 aliphatic rings. The van der Waals surface area contributed by atoms with E-state index >= 15 is 0 Å². The molecule has 0 spiro atoms. The fourth-order valence-corrected chi connectivity index (χ4v) is 7.96. The first-order valence-electron chi connectivity index (χ1n) is 20.1. The van der Waals surface area contributed by atoms with Crippen molar-refractivity contribution in [3.8, 4) is 22.5 Å². The van der Waals surface area contributed by atoms with E-state index in [1.165, 1.54) is 24.3 Å². The van der Waals surface area contributed by atoms with Crippen LogP contribution < -0.4 is 16.4 Å². The average Bonchev–Trinajstić information content (AvgIpc) is 3.73. The number of nitrogens with two attached hydrogens (primary N) is 1. The maximum atomic E-state index is 14.4. The van der Waals surface area contributed by atoms with Crippen LogP contribution in [0.3, 0.4) is 0 Å². The molecule has 314 valence electrons. The van der Waals surface area contributed by atoms with Gasteiger partial charge in [-0.2, -0.15) is 22.7 Å². The van der Waals surface area contributed by atoms with Gasteiger partial charge in [-0.05, 0) is 136 Å². The number of rotatable bonds is 15. The van der Waals surface area contributed by atoms with Crippen LogP contribution in [0.15, 0.2) is 66.7 Å². The van der Waals surface area contributed by atoms with E-state index in [0.717, 1.165) is 60.8 Å². The summed E-state index contributed by atoms with van der Waals surface area (Å²) in [6, 6.07) is 19.1. The highest BCUT2D eigenvalue weighted by atomic mass is 19.3. The normalized spacial score (nSPS) is 20.4.